The van der Waals surface area contributed by atoms with Crippen LogP contribution in [0.15, 0.2) is 36.4 Å². The summed E-state index contributed by atoms with van der Waals surface area (Å²) >= 11 is 0. The maximum absolute atomic E-state index is 13.4. The predicted molar refractivity (Wildman–Crippen MR) is 162 cm³/mol. The van der Waals surface area contributed by atoms with Crippen molar-refractivity contribution in [2.75, 3.05) is 13.7 Å². The van der Waals surface area contributed by atoms with Gasteiger partial charge in [0.2, 0.25) is 5.91 Å². The summed E-state index contributed by atoms with van der Waals surface area (Å²) in [5, 5.41) is 45.5. The molecule has 1 aromatic carbocycles. The molecule has 9 nitrogen and oxygen atoms in total. The standard InChI is InChI=1S/C33H51NO8/c1-7-12-26(35)22(4)32(39)34-16-11-10-14-21(3)31(38)23(5)29-15-9-8-13-20(2)27(36)18-24-17-25(41-6)19-28(37)30(24)33(40)42-29/h8-11,17,19-23,26-27,29,31,35-38H,7,12-16,18H2,1-6H3,(H,34,39)/b9-8?,11-10-. The van der Waals surface area contributed by atoms with Crippen LogP contribution in [0, 0.1) is 23.7 Å². The first-order chi connectivity index (χ1) is 19.9. The molecule has 0 aliphatic carbocycles. The van der Waals surface area contributed by atoms with Gasteiger partial charge in [0.05, 0.1) is 31.3 Å². The van der Waals surface area contributed by atoms with Crippen LogP contribution >= 0.6 is 0 Å². The van der Waals surface area contributed by atoms with E-state index in [1.807, 2.05) is 52.0 Å². The van der Waals surface area contributed by atoms with Gasteiger partial charge in [-0.1, -0.05) is 65.3 Å². The number of methoxy groups -OCH3 is 1. The van der Waals surface area contributed by atoms with Crippen LogP contribution in [0.5, 0.6) is 11.5 Å². The summed E-state index contributed by atoms with van der Waals surface area (Å²) in [5.41, 5.74) is 0.431. The van der Waals surface area contributed by atoms with E-state index in [-0.39, 0.29) is 35.5 Å². The van der Waals surface area contributed by atoms with Gasteiger partial charge in [0.25, 0.3) is 0 Å². The molecule has 1 aliphatic heterocycles. The van der Waals surface area contributed by atoms with Gasteiger partial charge in [0.1, 0.15) is 23.2 Å². The molecule has 236 valence electrons. The Morgan fingerprint density at radius 2 is 1.86 bits per heavy atom. The van der Waals surface area contributed by atoms with Crippen molar-refractivity contribution in [1.29, 1.82) is 0 Å². The lowest BCUT2D eigenvalue weighted by Crippen LogP contribution is -2.37. The fourth-order valence-electron chi connectivity index (χ4n) is 5.18. The number of hydrogen-bond acceptors (Lipinski definition) is 8. The third-order valence-corrected chi connectivity index (χ3v) is 8.35. The van der Waals surface area contributed by atoms with Crippen molar-refractivity contribution in [3.05, 3.63) is 47.6 Å². The van der Waals surface area contributed by atoms with Crippen LogP contribution in [0.3, 0.4) is 0 Å². The number of aromatic hydroxyl groups is 1. The number of hydrogen-bond donors (Lipinski definition) is 5. The molecule has 8 unspecified atom stereocenters. The van der Waals surface area contributed by atoms with Crippen LogP contribution < -0.4 is 10.1 Å². The third-order valence-electron chi connectivity index (χ3n) is 8.35. The van der Waals surface area contributed by atoms with E-state index in [2.05, 4.69) is 5.32 Å². The molecule has 1 aliphatic rings. The smallest absolute Gasteiger partial charge is 0.342 e. The van der Waals surface area contributed by atoms with Gasteiger partial charge in [0, 0.05) is 24.9 Å². The molecule has 1 aromatic rings. The van der Waals surface area contributed by atoms with Crippen molar-refractivity contribution >= 4 is 11.9 Å². The maximum Gasteiger partial charge on any atom is 0.342 e. The largest absolute Gasteiger partial charge is 0.507 e. The first kappa shape index (κ1) is 35.3. The molecule has 8 atom stereocenters. The van der Waals surface area contributed by atoms with Crippen molar-refractivity contribution in [2.24, 2.45) is 23.7 Å². The second kappa shape index (κ2) is 17.3. The highest BCUT2D eigenvalue weighted by Gasteiger charge is 2.32. The molecule has 0 saturated heterocycles. The van der Waals surface area contributed by atoms with Crippen LogP contribution in [0.1, 0.15) is 82.6 Å². The number of esters is 1. The van der Waals surface area contributed by atoms with Crippen molar-refractivity contribution in [3.8, 4) is 11.5 Å². The Labute approximate surface area is 250 Å². The van der Waals surface area contributed by atoms with Gasteiger partial charge in [0.15, 0.2) is 0 Å². The number of carbonyl (C=O) groups excluding carboxylic acids is 2. The van der Waals surface area contributed by atoms with Crippen molar-refractivity contribution in [1.82, 2.24) is 5.32 Å². The van der Waals surface area contributed by atoms with Gasteiger partial charge in [-0.2, -0.15) is 0 Å². The number of carbonyl (C=O) groups is 2. The minimum atomic E-state index is -0.794. The van der Waals surface area contributed by atoms with Gasteiger partial charge in [-0.3, -0.25) is 4.79 Å². The zero-order chi connectivity index (χ0) is 31.4. The molecule has 0 fully saturated rings. The van der Waals surface area contributed by atoms with Crippen LogP contribution in [0.4, 0.5) is 0 Å². The first-order valence-electron chi connectivity index (χ1n) is 15.1. The van der Waals surface area contributed by atoms with Crippen LogP contribution in [0.2, 0.25) is 0 Å². The molecule has 0 bridgehead atoms. The molecular weight excluding hydrogens is 538 g/mol. The van der Waals surface area contributed by atoms with Gasteiger partial charge < -0.3 is 35.2 Å². The molecule has 1 amide bonds. The highest BCUT2D eigenvalue weighted by molar-refractivity contribution is 5.94. The molecular formula is C33H51NO8. The summed E-state index contributed by atoms with van der Waals surface area (Å²) in [6.07, 6.45) is 7.82. The summed E-state index contributed by atoms with van der Waals surface area (Å²) in [5.74, 6) is -1.98. The average molecular weight is 590 g/mol. The Hall–Kier alpha value is -2.88. The zero-order valence-corrected chi connectivity index (χ0v) is 26.0. The normalized spacial score (nSPS) is 23.5. The van der Waals surface area contributed by atoms with Crippen LogP contribution in [0.25, 0.3) is 0 Å². The van der Waals surface area contributed by atoms with E-state index in [0.717, 1.165) is 6.42 Å². The number of allylic oxidation sites excluding steroid dienone is 2. The van der Waals surface area contributed by atoms with E-state index in [9.17, 15) is 30.0 Å². The highest BCUT2D eigenvalue weighted by atomic mass is 16.5. The van der Waals surface area contributed by atoms with Gasteiger partial charge in [-0.25, -0.2) is 4.79 Å². The molecule has 0 aromatic heterocycles. The number of aliphatic hydroxyl groups excluding tert-OH is 3. The van der Waals surface area contributed by atoms with Crippen LogP contribution in [-0.2, 0) is 16.0 Å². The minimum absolute atomic E-state index is 0.00662. The summed E-state index contributed by atoms with van der Waals surface area (Å²) in [7, 11) is 1.46. The number of ether oxygens (including phenoxy) is 2. The van der Waals surface area contributed by atoms with Crippen LogP contribution in [-0.4, -0.2) is 70.4 Å². The second-order valence-corrected chi connectivity index (χ2v) is 11.7. The van der Waals surface area contributed by atoms with E-state index in [1.165, 1.54) is 13.2 Å². The minimum Gasteiger partial charge on any atom is -0.507 e. The number of fused-ring (bicyclic) bond motifs is 1. The third kappa shape index (κ3) is 10.1. The molecule has 2 rings (SSSR count). The summed E-state index contributed by atoms with van der Waals surface area (Å²) < 4.78 is 11.2. The fraction of sp³-hybridized carbons (Fsp3) is 0.636. The Morgan fingerprint density at radius 1 is 1.17 bits per heavy atom. The Kier molecular flexibility index (Phi) is 14.5. The Balaban J connectivity index is 2.10. The number of rotatable bonds is 12. The molecule has 42 heavy (non-hydrogen) atoms. The molecule has 0 spiro atoms. The number of nitrogens with one attached hydrogen (secondary N) is 1. The highest BCUT2D eigenvalue weighted by Crippen LogP contribution is 2.33. The van der Waals surface area contributed by atoms with E-state index in [4.69, 9.17) is 9.47 Å². The van der Waals surface area contributed by atoms with Gasteiger partial charge in [-0.15, -0.1) is 0 Å². The second-order valence-electron chi connectivity index (χ2n) is 11.7. The number of cyclic esters (lactones) is 1. The molecule has 0 saturated carbocycles. The number of benzene rings is 1. The summed E-state index contributed by atoms with van der Waals surface area (Å²) in [6.45, 7) is 9.68. The number of phenols is 1. The Morgan fingerprint density at radius 3 is 2.52 bits per heavy atom. The number of amides is 1. The lowest BCUT2D eigenvalue weighted by atomic mass is 9.85. The monoisotopic (exact) mass is 589 g/mol. The Bertz CT molecular complexity index is 1070. The topological polar surface area (TPSA) is 146 Å². The molecule has 9 heteroatoms. The van der Waals surface area contributed by atoms with E-state index >= 15 is 0 Å². The lowest BCUT2D eigenvalue weighted by Gasteiger charge is -2.31. The van der Waals surface area contributed by atoms with Crippen molar-refractivity contribution < 1.29 is 39.5 Å². The molecule has 0 radical (unpaired) electrons. The van der Waals surface area contributed by atoms with E-state index in [1.54, 1.807) is 13.0 Å². The van der Waals surface area contributed by atoms with Gasteiger partial charge in [-0.05, 0) is 49.1 Å². The molecule has 5 N–H and O–H groups in total. The van der Waals surface area contributed by atoms with Crippen molar-refractivity contribution in [3.63, 3.8) is 0 Å². The van der Waals surface area contributed by atoms with Crippen molar-refractivity contribution in [2.45, 2.75) is 97.6 Å². The number of phenolic OH excluding ortho intramolecular Hbond substituents is 1. The van der Waals surface area contributed by atoms with Gasteiger partial charge >= 0.3 is 5.97 Å². The average Bonchev–Trinajstić information content (AvgIpc) is 2.95. The quantitative estimate of drug-likeness (QED) is 0.179. The number of aliphatic hydroxyl groups is 3. The predicted octanol–water partition coefficient (Wildman–Crippen LogP) is 4.31. The lowest BCUT2D eigenvalue weighted by molar-refractivity contribution is -0.127. The molecule has 1 heterocycles. The van der Waals surface area contributed by atoms with E-state index in [0.29, 0.717) is 43.5 Å². The maximum atomic E-state index is 13.4. The summed E-state index contributed by atoms with van der Waals surface area (Å²) in [4.78, 5) is 25.6. The summed E-state index contributed by atoms with van der Waals surface area (Å²) in [6, 6.07) is 2.98. The van der Waals surface area contributed by atoms with E-state index < -0.39 is 42.2 Å². The fourth-order valence-corrected chi connectivity index (χ4v) is 5.18. The first-order valence-corrected chi connectivity index (χ1v) is 15.1. The zero-order valence-electron chi connectivity index (χ0n) is 26.0. The SMILES string of the molecule is CCCC(O)C(C)C(=O)NC/C=C\CC(C)C(O)C(C)C1CC=CCC(C)C(O)Cc2cc(OC)cc(O)c2C(=O)O1.